The van der Waals surface area contributed by atoms with Gasteiger partial charge in [0.25, 0.3) is 5.91 Å². The molecule has 0 saturated carbocycles. The third kappa shape index (κ3) is 3.32. The van der Waals surface area contributed by atoms with Crippen molar-refractivity contribution in [3.63, 3.8) is 0 Å². The van der Waals surface area contributed by atoms with Crippen LogP contribution in [0.5, 0.6) is 0 Å². The molecule has 5 nitrogen and oxygen atoms in total. The van der Waals surface area contributed by atoms with Crippen LogP contribution in [-0.2, 0) is 0 Å². The SMILES string of the molecule is O=C(O)c1ccc(NC(=O)c2cc(F)c(Cl)cc2F)nc1. The lowest BCUT2D eigenvalue weighted by Crippen LogP contribution is -2.15. The minimum atomic E-state index is -1.17. The van der Waals surface area contributed by atoms with E-state index in [0.717, 1.165) is 6.20 Å². The average Bonchev–Trinajstić information content (AvgIpc) is 2.43. The van der Waals surface area contributed by atoms with Gasteiger partial charge in [-0.2, -0.15) is 0 Å². The van der Waals surface area contributed by atoms with Crippen molar-refractivity contribution in [2.45, 2.75) is 0 Å². The van der Waals surface area contributed by atoms with Crippen molar-refractivity contribution >= 4 is 29.3 Å². The highest BCUT2D eigenvalue weighted by atomic mass is 35.5. The van der Waals surface area contributed by atoms with Gasteiger partial charge in [0, 0.05) is 6.20 Å². The van der Waals surface area contributed by atoms with Crippen LogP contribution >= 0.6 is 11.6 Å². The molecule has 2 rings (SSSR count). The smallest absolute Gasteiger partial charge is 0.337 e. The molecule has 108 valence electrons. The van der Waals surface area contributed by atoms with E-state index in [0.29, 0.717) is 12.1 Å². The fourth-order valence-corrected chi connectivity index (χ4v) is 1.62. The summed E-state index contributed by atoms with van der Waals surface area (Å²) in [7, 11) is 0. The molecule has 1 heterocycles. The number of aromatic nitrogens is 1. The lowest BCUT2D eigenvalue weighted by molar-refractivity contribution is 0.0696. The van der Waals surface area contributed by atoms with Gasteiger partial charge in [0.15, 0.2) is 0 Å². The lowest BCUT2D eigenvalue weighted by atomic mass is 10.2. The number of anilines is 1. The van der Waals surface area contributed by atoms with Gasteiger partial charge in [-0.1, -0.05) is 11.6 Å². The molecule has 1 aromatic carbocycles. The van der Waals surface area contributed by atoms with Gasteiger partial charge in [0.1, 0.15) is 17.5 Å². The average molecular weight is 313 g/mol. The summed E-state index contributed by atoms with van der Waals surface area (Å²) >= 11 is 5.38. The van der Waals surface area contributed by atoms with E-state index in [2.05, 4.69) is 10.3 Å². The minimum absolute atomic E-state index is 0.000224. The maximum absolute atomic E-state index is 13.5. The van der Waals surface area contributed by atoms with E-state index in [-0.39, 0.29) is 11.4 Å². The number of carboxylic acids is 1. The molecule has 1 aromatic heterocycles. The second kappa shape index (κ2) is 5.84. The Hall–Kier alpha value is -2.54. The monoisotopic (exact) mass is 312 g/mol. The van der Waals surface area contributed by atoms with E-state index in [1.54, 1.807) is 0 Å². The van der Waals surface area contributed by atoms with Crippen molar-refractivity contribution < 1.29 is 23.5 Å². The van der Waals surface area contributed by atoms with E-state index in [1.165, 1.54) is 12.1 Å². The number of aromatic carboxylic acids is 1. The number of hydrogen-bond acceptors (Lipinski definition) is 3. The highest BCUT2D eigenvalue weighted by Crippen LogP contribution is 2.20. The Labute approximate surface area is 122 Å². The third-order valence-corrected chi connectivity index (χ3v) is 2.80. The summed E-state index contributed by atoms with van der Waals surface area (Å²) in [5, 5.41) is 10.5. The van der Waals surface area contributed by atoms with Crippen LogP contribution < -0.4 is 5.32 Å². The second-order valence-electron chi connectivity index (χ2n) is 3.94. The number of amides is 1. The zero-order valence-electron chi connectivity index (χ0n) is 10.2. The summed E-state index contributed by atoms with van der Waals surface area (Å²) in [6.07, 6.45) is 1.02. The molecule has 0 spiro atoms. The van der Waals surface area contributed by atoms with Gasteiger partial charge in [0.2, 0.25) is 0 Å². The Balaban J connectivity index is 2.22. The zero-order valence-corrected chi connectivity index (χ0v) is 11.0. The molecule has 0 aliphatic rings. The van der Waals surface area contributed by atoms with Crippen LogP contribution in [0.4, 0.5) is 14.6 Å². The van der Waals surface area contributed by atoms with Crippen molar-refractivity contribution in [1.82, 2.24) is 4.98 Å². The summed E-state index contributed by atoms with van der Waals surface area (Å²) in [6.45, 7) is 0. The van der Waals surface area contributed by atoms with Crippen LogP contribution in [-0.4, -0.2) is 22.0 Å². The van der Waals surface area contributed by atoms with E-state index in [9.17, 15) is 18.4 Å². The molecule has 0 radical (unpaired) electrons. The van der Waals surface area contributed by atoms with E-state index in [4.69, 9.17) is 16.7 Å². The number of nitrogens with one attached hydrogen (secondary N) is 1. The van der Waals surface area contributed by atoms with Crippen molar-refractivity contribution in [2.24, 2.45) is 0 Å². The first-order valence-corrected chi connectivity index (χ1v) is 5.91. The largest absolute Gasteiger partial charge is 0.478 e. The predicted octanol–water partition coefficient (Wildman–Crippen LogP) is 2.96. The first kappa shape index (κ1) is 14.9. The Morgan fingerprint density at radius 1 is 1.19 bits per heavy atom. The summed E-state index contributed by atoms with van der Waals surface area (Å²) in [6, 6.07) is 3.79. The highest BCUT2D eigenvalue weighted by molar-refractivity contribution is 6.30. The van der Waals surface area contributed by atoms with Gasteiger partial charge in [-0.05, 0) is 24.3 Å². The fourth-order valence-electron chi connectivity index (χ4n) is 1.47. The van der Waals surface area contributed by atoms with Crippen LogP contribution in [0.25, 0.3) is 0 Å². The van der Waals surface area contributed by atoms with Crippen molar-refractivity contribution in [3.05, 3.63) is 58.2 Å². The van der Waals surface area contributed by atoms with Gasteiger partial charge in [-0.15, -0.1) is 0 Å². The molecule has 8 heteroatoms. The van der Waals surface area contributed by atoms with Gasteiger partial charge < -0.3 is 10.4 Å². The van der Waals surface area contributed by atoms with E-state index < -0.39 is 34.1 Å². The lowest BCUT2D eigenvalue weighted by Gasteiger charge is -2.06. The van der Waals surface area contributed by atoms with Crippen LogP contribution in [0.1, 0.15) is 20.7 Å². The number of benzene rings is 1. The highest BCUT2D eigenvalue weighted by Gasteiger charge is 2.16. The first-order valence-electron chi connectivity index (χ1n) is 5.53. The summed E-state index contributed by atoms with van der Waals surface area (Å²) < 4.78 is 26.8. The quantitative estimate of drug-likeness (QED) is 0.854. The zero-order chi connectivity index (χ0) is 15.6. The number of nitrogens with zero attached hydrogens (tertiary/aromatic N) is 1. The van der Waals surface area contributed by atoms with E-state index >= 15 is 0 Å². The van der Waals surface area contributed by atoms with Gasteiger partial charge >= 0.3 is 5.97 Å². The number of carboxylic acid groups (broad SMARTS) is 1. The predicted molar refractivity (Wildman–Crippen MR) is 70.5 cm³/mol. The Morgan fingerprint density at radius 3 is 2.48 bits per heavy atom. The Kier molecular flexibility index (Phi) is 4.13. The molecule has 1 amide bonds. The molecular formula is C13H7ClF2N2O3. The normalized spacial score (nSPS) is 10.2. The molecular weight excluding hydrogens is 306 g/mol. The number of hydrogen-bond donors (Lipinski definition) is 2. The van der Waals surface area contributed by atoms with Gasteiger partial charge in [-0.3, -0.25) is 4.79 Å². The molecule has 0 aliphatic heterocycles. The number of rotatable bonds is 3. The molecule has 0 bridgehead atoms. The summed E-state index contributed by atoms with van der Waals surface area (Å²) in [5.41, 5.74) is -0.613. The van der Waals surface area contributed by atoms with Crippen LogP contribution in [0.2, 0.25) is 5.02 Å². The summed E-state index contributed by atoms with van der Waals surface area (Å²) in [4.78, 5) is 26.1. The molecule has 21 heavy (non-hydrogen) atoms. The van der Waals surface area contributed by atoms with Gasteiger partial charge in [0.05, 0.1) is 16.1 Å². The topological polar surface area (TPSA) is 79.3 Å². The van der Waals surface area contributed by atoms with Crippen LogP contribution in [0.3, 0.4) is 0 Å². The third-order valence-electron chi connectivity index (χ3n) is 2.51. The maximum Gasteiger partial charge on any atom is 0.337 e. The van der Waals surface area contributed by atoms with Crippen molar-refractivity contribution in [1.29, 1.82) is 0 Å². The van der Waals surface area contributed by atoms with Crippen molar-refractivity contribution in [3.8, 4) is 0 Å². The number of carbonyl (C=O) groups excluding carboxylic acids is 1. The first-order chi connectivity index (χ1) is 9.88. The van der Waals surface area contributed by atoms with E-state index in [1.807, 2.05) is 0 Å². The molecule has 0 aliphatic carbocycles. The standard InChI is InChI=1S/C13H7ClF2N2O3/c14-8-4-9(15)7(3-10(8)16)12(19)18-11-2-1-6(5-17-11)13(20)21/h1-5H,(H,20,21)(H,17,18,19). The Morgan fingerprint density at radius 2 is 1.90 bits per heavy atom. The van der Waals surface area contributed by atoms with Crippen LogP contribution in [0, 0.1) is 11.6 Å². The maximum atomic E-state index is 13.5. The molecule has 2 N–H and O–H groups in total. The minimum Gasteiger partial charge on any atom is -0.478 e. The molecule has 0 atom stereocenters. The Bertz CT molecular complexity index is 720. The number of halogens is 3. The molecule has 0 saturated heterocycles. The molecule has 2 aromatic rings. The summed E-state index contributed by atoms with van der Waals surface area (Å²) in [5.74, 6) is -4.02. The number of carbonyl (C=O) groups is 2. The van der Waals surface area contributed by atoms with Gasteiger partial charge in [-0.25, -0.2) is 18.6 Å². The second-order valence-corrected chi connectivity index (χ2v) is 4.34. The molecule has 0 fully saturated rings. The fraction of sp³-hybridized carbons (Fsp3) is 0. The molecule has 0 unspecified atom stereocenters. The van der Waals surface area contributed by atoms with Crippen LogP contribution in [0.15, 0.2) is 30.5 Å². The number of pyridine rings is 1. The van der Waals surface area contributed by atoms with Crippen molar-refractivity contribution in [2.75, 3.05) is 5.32 Å².